The largest absolute Gasteiger partial charge is 0.326 e. The third-order valence-corrected chi connectivity index (χ3v) is 7.30. The molecule has 11 heteroatoms. The first-order valence-electron chi connectivity index (χ1n) is 9.83. The summed E-state index contributed by atoms with van der Waals surface area (Å²) in [6.07, 6.45) is 0. The molecule has 33 heavy (non-hydrogen) atoms. The van der Waals surface area contributed by atoms with E-state index in [2.05, 4.69) is 27.8 Å². The molecule has 0 aromatic heterocycles. The monoisotopic (exact) mass is 542 g/mol. The first kappa shape index (κ1) is 27.6. The van der Waals surface area contributed by atoms with Crippen molar-refractivity contribution in [2.75, 3.05) is 11.5 Å². The molecule has 0 atom stereocenters. The molecule has 0 unspecified atom stereocenters. The summed E-state index contributed by atoms with van der Waals surface area (Å²) in [5, 5.41) is 7.34. The molecule has 2 aliphatic rings. The minimum Gasteiger partial charge on any atom is -0.326 e. The van der Waals surface area contributed by atoms with Gasteiger partial charge < -0.3 is 16.4 Å². The highest BCUT2D eigenvalue weighted by atomic mass is 35.5. The van der Waals surface area contributed by atoms with E-state index in [1.165, 1.54) is 23.5 Å². The number of thioether (sulfide) groups is 2. The number of halogens is 2. The van der Waals surface area contributed by atoms with Crippen molar-refractivity contribution in [3.05, 3.63) is 68.7 Å². The Bertz CT molecular complexity index is 1010. The first-order chi connectivity index (χ1) is 15.7. The third-order valence-electron chi connectivity index (χ3n) is 4.45. The average molecular weight is 544 g/mol. The third kappa shape index (κ3) is 9.27. The Morgan fingerprint density at radius 3 is 1.85 bits per heavy atom. The van der Waals surface area contributed by atoms with Crippen molar-refractivity contribution in [2.45, 2.75) is 26.9 Å². The second-order valence-electron chi connectivity index (χ2n) is 6.86. The van der Waals surface area contributed by atoms with Gasteiger partial charge in [0.1, 0.15) is 4.32 Å². The molecular formula is C22H24Cl2N4O2S3. The first-order valence-corrected chi connectivity index (χ1v) is 13.0. The molecule has 2 heterocycles. The summed E-state index contributed by atoms with van der Waals surface area (Å²) in [5.41, 5.74) is 9.80. The van der Waals surface area contributed by atoms with Crippen molar-refractivity contribution < 1.29 is 9.59 Å². The Balaban J connectivity index is 0.000000193. The zero-order valence-electron chi connectivity index (χ0n) is 18.1. The van der Waals surface area contributed by atoms with E-state index in [-0.39, 0.29) is 11.8 Å². The summed E-state index contributed by atoms with van der Waals surface area (Å²) < 4.78 is 0.602. The summed E-state index contributed by atoms with van der Waals surface area (Å²) in [7, 11) is 0. The van der Waals surface area contributed by atoms with E-state index >= 15 is 0 Å². The number of thiocarbonyl (C=S) groups is 1. The smallest absolute Gasteiger partial charge is 0.236 e. The average Bonchev–Trinajstić information content (AvgIpc) is 3.35. The second kappa shape index (κ2) is 13.9. The van der Waals surface area contributed by atoms with Gasteiger partial charge in [0.05, 0.1) is 18.1 Å². The van der Waals surface area contributed by atoms with Crippen LogP contribution in [-0.4, -0.2) is 32.8 Å². The predicted octanol–water partition coefficient (Wildman–Crippen LogP) is 4.61. The highest BCUT2D eigenvalue weighted by Crippen LogP contribution is 2.21. The Kier molecular flexibility index (Phi) is 11.7. The summed E-state index contributed by atoms with van der Waals surface area (Å²) in [6.45, 7) is 5.04. The van der Waals surface area contributed by atoms with Gasteiger partial charge in [-0.05, 0) is 48.2 Å². The van der Waals surface area contributed by atoms with Crippen molar-refractivity contribution in [3.63, 3.8) is 0 Å². The fourth-order valence-corrected chi connectivity index (χ4v) is 4.74. The van der Waals surface area contributed by atoms with Crippen LogP contribution < -0.4 is 16.4 Å². The molecule has 0 bridgehead atoms. The number of amides is 2. The maximum absolute atomic E-state index is 11.0. The van der Waals surface area contributed by atoms with Crippen LogP contribution in [0.25, 0.3) is 0 Å². The number of carbonyl (C=O) groups excluding carboxylic acids is 2. The lowest BCUT2D eigenvalue weighted by Gasteiger charge is -2.05. The summed E-state index contributed by atoms with van der Waals surface area (Å²) in [5.74, 6) is 0.994. The van der Waals surface area contributed by atoms with Gasteiger partial charge in [0.25, 0.3) is 0 Å². The number of nitrogens with one attached hydrogen (secondary N) is 2. The standard InChI is InChI=1S/C11H11ClN2OS.C8H10ClN.C3H3NOS2/c1-7-3-2-4-9(12)8(7)5-13-11-14-10(15)6-16-11;1-6-3-2-4-8(9)7(6)5-10;5-2-1-7-3(6)4-2/h2-4H,5-6H2,1H3,(H,13,14,15);2-4H,5,10H2,1H3;1H2,(H,4,5,6). The van der Waals surface area contributed by atoms with Gasteiger partial charge in [-0.15, -0.1) is 0 Å². The zero-order chi connectivity index (χ0) is 24.4. The zero-order valence-corrected chi connectivity index (χ0v) is 22.1. The Morgan fingerprint density at radius 2 is 1.48 bits per heavy atom. The number of carbonyl (C=O) groups is 2. The van der Waals surface area contributed by atoms with E-state index < -0.39 is 0 Å². The Labute approximate surface area is 217 Å². The number of nitrogens with zero attached hydrogens (tertiary/aromatic N) is 1. The fourth-order valence-electron chi connectivity index (χ4n) is 2.67. The molecule has 2 aromatic carbocycles. The maximum atomic E-state index is 11.0. The predicted molar refractivity (Wildman–Crippen MR) is 145 cm³/mol. The molecule has 2 aromatic rings. The van der Waals surface area contributed by atoms with Crippen LogP contribution in [0.5, 0.6) is 0 Å². The van der Waals surface area contributed by atoms with Gasteiger partial charge in [-0.25, -0.2) is 0 Å². The maximum Gasteiger partial charge on any atom is 0.236 e. The van der Waals surface area contributed by atoms with Crippen LogP contribution in [0.4, 0.5) is 0 Å². The lowest BCUT2D eigenvalue weighted by Crippen LogP contribution is -2.20. The van der Waals surface area contributed by atoms with E-state index in [0.29, 0.717) is 34.1 Å². The van der Waals surface area contributed by atoms with Crippen LogP contribution in [0.1, 0.15) is 22.3 Å². The summed E-state index contributed by atoms with van der Waals surface area (Å²) >= 11 is 19.4. The summed E-state index contributed by atoms with van der Waals surface area (Å²) in [4.78, 5) is 25.5. The van der Waals surface area contributed by atoms with Crippen molar-refractivity contribution >= 4 is 80.2 Å². The molecule has 2 aliphatic heterocycles. The molecule has 4 rings (SSSR count). The minimum absolute atomic E-state index is 0.0135. The molecule has 0 spiro atoms. The van der Waals surface area contributed by atoms with E-state index in [0.717, 1.165) is 32.3 Å². The van der Waals surface area contributed by atoms with Crippen molar-refractivity contribution in [1.29, 1.82) is 0 Å². The van der Waals surface area contributed by atoms with Crippen LogP contribution in [0.2, 0.25) is 10.0 Å². The molecule has 0 radical (unpaired) electrons. The van der Waals surface area contributed by atoms with Gasteiger partial charge in [0, 0.05) is 16.6 Å². The van der Waals surface area contributed by atoms with E-state index in [9.17, 15) is 9.59 Å². The number of benzene rings is 2. The molecule has 176 valence electrons. The number of aliphatic imine (C=N–C) groups is 1. The van der Waals surface area contributed by atoms with Crippen molar-refractivity contribution in [3.8, 4) is 0 Å². The van der Waals surface area contributed by atoms with Crippen LogP contribution in [0, 0.1) is 13.8 Å². The molecule has 0 aliphatic carbocycles. The molecule has 2 amide bonds. The van der Waals surface area contributed by atoms with Gasteiger partial charge in [0.2, 0.25) is 11.8 Å². The SMILES string of the molecule is Cc1cccc(Cl)c1CN.Cc1cccc(Cl)c1CN=C1NC(=O)CS1.O=C1CSC(=S)N1. The van der Waals surface area contributed by atoms with Gasteiger partial charge in [0.15, 0.2) is 5.17 Å². The second-order valence-corrected chi connectivity index (χ2v) is 10.3. The summed E-state index contributed by atoms with van der Waals surface area (Å²) in [6, 6.07) is 11.6. The van der Waals surface area contributed by atoms with Crippen LogP contribution in [0.15, 0.2) is 41.4 Å². The van der Waals surface area contributed by atoms with Crippen LogP contribution in [0.3, 0.4) is 0 Å². The van der Waals surface area contributed by atoms with Crippen molar-refractivity contribution in [2.24, 2.45) is 10.7 Å². The van der Waals surface area contributed by atoms with Gasteiger partial charge in [-0.3, -0.25) is 14.6 Å². The molecule has 2 saturated heterocycles. The number of amidine groups is 1. The van der Waals surface area contributed by atoms with E-state index in [1.54, 1.807) is 0 Å². The number of rotatable bonds is 3. The van der Waals surface area contributed by atoms with Gasteiger partial charge in [-0.2, -0.15) is 0 Å². The van der Waals surface area contributed by atoms with Crippen LogP contribution >= 0.6 is 58.9 Å². The Hall–Kier alpha value is -1.62. The lowest BCUT2D eigenvalue weighted by atomic mass is 10.1. The molecule has 6 nitrogen and oxygen atoms in total. The van der Waals surface area contributed by atoms with Crippen molar-refractivity contribution in [1.82, 2.24) is 10.6 Å². The number of hydrogen-bond acceptors (Lipinski definition) is 7. The van der Waals surface area contributed by atoms with E-state index in [1.807, 2.05) is 50.2 Å². The molecule has 0 saturated carbocycles. The van der Waals surface area contributed by atoms with E-state index in [4.69, 9.17) is 28.9 Å². The molecule has 2 fully saturated rings. The molecular weight excluding hydrogens is 519 g/mol. The highest BCUT2D eigenvalue weighted by Gasteiger charge is 2.16. The highest BCUT2D eigenvalue weighted by molar-refractivity contribution is 8.24. The normalized spacial score (nSPS) is 15.9. The topological polar surface area (TPSA) is 96.6 Å². The lowest BCUT2D eigenvalue weighted by molar-refractivity contribution is -0.117. The molecule has 4 N–H and O–H groups in total. The quantitative estimate of drug-likeness (QED) is 0.490. The Morgan fingerprint density at radius 1 is 0.939 bits per heavy atom. The number of aryl methyl sites for hydroxylation is 2. The number of hydrogen-bond donors (Lipinski definition) is 3. The minimum atomic E-state index is 0.0135. The van der Waals surface area contributed by atoms with Gasteiger partial charge >= 0.3 is 0 Å². The fraction of sp³-hybridized carbons (Fsp3) is 0.273. The van der Waals surface area contributed by atoms with Crippen LogP contribution in [-0.2, 0) is 22.7 Å². The number of nitrogens with two attached hydrogens (primary N) is 1. The van der Waals surface area contributed by atoms with Gasteiger partial charge in [-0.1, -0.05) is 83.2 Å².